The predicted molar refractivity (Wildman–Crippen MR) is 112 cm³/mol. The van der Waals surface area contributed by atoms with Crippen molar-refractivity contribution in [2.75, 3.05) is 18.5 Å². The molecule has 1 atom stereocenters. The highest BCUT2D eigenvalue weighted by molar-refractivity contribution is 5.48. The molecule has 1 aromatic carbocycles. The number of rotatable bonds is 5. The van der Waals surface area contributed by atoms with Crippen molar-refractivity contribution in [2.24, 2.45) is 5.92 Å². The molecule has 0 saturated heterocycles. The second kappa shape index (κ2) is 8.94. The van der Waals surface area contributed by atoms with Crippen LogP contribution in [0.3, 0.4) is 0 Å². The monoisotopic (exact) mass is 472 g/mol. The standard InChI is InChI=1S/C23H16F4N4O3/c1-30-8-9-31-21(30)11-20(29-22(31)32)33-13-14-2-7-19(15(10-14)12-28)34-16-3-5-17(23(25,26)27)18(24)6-4-16/h2,4,6-7,10-11,17H,8-9,13H2,1H3. The molecular weight excluding hydrogens is 456 g/mol. The fraction of sp³-hybridized carbons (Fsp3) is 0.261. The molecule has 0 N–H and O–H groups in total. The largest absolute Gasteiger partial charge is 0.473 e. The van der Waals surface area contributed by atoms with Crippen molar-refractivity contribution in [2.45, 2.75) is 19.3 Å². The number of nitriles is 1. The number of ether oxygens (including phenoxy) is 2. The van der Waals surface area contributed by atoms with Crippen molar-refractivity contribution in [3.8, 4) is 29.5 Å². The molecule has 1 aliphatic carbocycles. The number of benzene rings is 1. The van der Waals surface area contributed by atoms with Crippen LogP contribution < -0.4 is 20.1 Å². The lowest BCUT2D eigenvalue weighted by atomic mass is 10.1. The number of nitrogens with zero attached hydrogens (tertiary/aromatic N) is 4. The smallest absolute Gasteiger partial charge is 0.408 e. The van der Waals surface area contributed by atoms with E-state index in [0.717, 1.165) is 6.08 Å². The van der Waals surface area contributed by atoms with Crippen molar-refractivity contribution in [3.05, 3.63) is 69.6 Å². The van der Waals surface area contributed by atoms with Crippen molar-refractivity contribution in [1.82, 2.24) is 9.55 Å². The van der Waals surface area contributed by atoms with Gasteiger partial charge in [0.1, 0.15) is 30.1 Å². The molecular formula is C23H16F4N4O3. The zero-order valence-corrected chi connectivity index (χ0v) is 17.7. The van der Waals surface area contributed by atoms with Crippen LogP contribution in [0.25, 0.3) is 0 Å². The first kappa shape index (κ1) is 22.9. The Morgan fingerprint density at radius 1 is 1.26 bits per heavy atom. The van der Waals surface area contributed by atoms with E-state index in [1.165, 1.54) is 16.7 Å². The van der Waals surface area contributed by atoms with E-state index in [2.05, 4.69) is 10.9 Å². The van der Waals surface area contributed by atoms with E-state index >= 15 is 0 Å². The number of aromatic nitrogens is 2. The van der Waals surface area contributed by atoms with Crippen LogP contribution in [-0.4, -0.2) is 29.3 Å². The third-order valence-electron chi connectivity index (χ3n) is 5.12. The van der Waals surface area contributed by atoms with Gasteiger partial charge in [0.05, 0.1) is 5.56 Å². The second-order valence-electron chi connectivity index (χ2n) is 7.47. The van der Waals surface area contributed by atoms with Crippen molar-refractivity contribution >= 4 is 5.82 Å². The van der Waals surface area contributed by atoms with Gasteiger partial charge < -0.3 is 14.4 Å². The summed E-state index contributed by atoms with van der Waals surface area (Å²) in [5.41, 5.74) is 0.199. The Balaban J connectivity index is 1.49. The lowest BCUT2D eigenvalue weighted by molar-refractivity contribution is -0.152. The number of halogens is 4. The molecule has 2 aromatic rings. The summed E-state index contributed by atoms with van der Waals surface area (Å²) in [6.07, 6.45) is -3.26. The molecule has 34 heavy (non-hydrogen) atoms. The molecule has 0 bridgehead atoms. The SMILES string of the molecule is CN1CCn2c1cc(OCc1ccc(OC3=CC=C(F)C(C(F)(F)F)C#C3)c(C#N)c1)nc2=O. The first-order valence-corrected chi connectivity index (χ1v) is 9.98. The summed E-state index contributed by atoms with van der Waals surface area (Å²) in [7, 11) is 1.85. The van der Waals surface area contributed by atoms with Crippen LogP contribution in [0.5, 0.6) is 11.6 Å². The Morgan fingerprint density at radius 3 is 2.79 bits per heavy atom. The molecule has 0 spiro atoms. The van der Waals surface area contributed by atoms with Crippen molar-refractivity contribution in [3.63, 3.8) is 0 Å². The zero-order chi connectivity index (χ0) is 24.5. The highest BCUT2D eigenvalue weighted by atomic mass is 19.4. The topological polar surface area (TPSA) is 80.4 Å². The molecule has 0 amide bonds. The van der Waals surface area contributed by atoms with Gasteiger partial charge in [-0.05, 0) is 35.8 Å². The van der Waals surface area contributed by atoms with Crippen LogP contribution in [0.1, 0.15) is 11.1 Å². The number of alkyl halides is 3. The van der Waals surface area contributed by atoms with E-state index in [1.54, 1.807) is 18.1 Å². The van der Waals surface area contributed by atoms with E-state index in [4.69, 9.17) is 9.47 Å². The van der Waals surface area contributed by atoms with Crippen LogP contribution in [0.2, 0.25) is 0 Å². The van der Waals surface area contributed by atoms with Crippen LogP contribution >= 0.6 is 0 Å². The molecule has 11 heteroatoms. The van der Waals surface area contributed by atoms with Gasteiger partial charge in [-0.3, -0.25) is 4.57 Å². The molecule has 174 valence electrons. The summed E-state index contributed by atoms with van der Waals surface area (Å²) in [4.78, 5) is 17.9. The predicted octanol–water partition coefficient (Wildman–Crippen LogP) is 3.46. The van der Waals surface area contributed by atoms with E-state index in [9.17, 15) is 27.6 Å². The lowest BCUT2D eigenvalue weighted by Crippen LogP contribution is -2.22. The Morgan fingerprint density at radius 2 is 2.06 bits per heavy atom. The van der Waals surface area contributed by atoms with Gasteiger partial charge in [0.2, 0.25) is 5.88 Å². The molecule has 1 aromatic heterocycles. The minimum atomic E-state index is -4.86. The molecule has 2 aliphatic rings. The molecule has 0 saturated carbocycles. The fourth-order valence-corrected chi connectivity index (χ4v) is 3.36. The second-order valence-corrected chi connectivity index (χ2v) is 7.47. The normalized spacial score (nSPS) is 16.9. The summed E-state index contributed by atoms with van der Waals surface area (Å²) in [5, 5.41) is 9.47. The molecule has 7 nitrogen and oxygen atoms in total. The van der Waals surface area contributed by atoms with Crippen molar-refractivity contribution in [1.29, 1.82) is 5.26 Å². The Kier molecular flexibility index (Phi) is 6.03. The summed E-state index contributed by atoms with van der Waals surface area (Å²) in [5.74, 6) is 0.583. The number of allylic oxidation sites excluding steroid dienone is 4. The molecule has 2 heterocycles. The summed E-state index contributed by atoms with van der Waals surface area (Å²) >= 11 is 0. The number of hydrogen-bond donors (Lipinski definition) is 0. The van der Waals surface area contributed by atoms with Gasteiger partial charge in [-0.2, -0.15) is 23.4 Å². The highest BCUT2D eigenvalue weighted by Crippen LogP contribution is 2.33. The maximum atomic E-state index is 13.7. The van der Waals surface area contributed by atoms with Gasteiger partial charge in [-0.25, -0.2) is 9.18 Å². The first-order valence-electron chi connectivity index (χ1n) is 9.98. The average Bonchev–Trinajstić information content (AvgIpc) is 3.05. The van der Waals surface area contributed by atoms with E-state index < -0.39 is 23.6 Å². The van der Waals surface area contributed by atoms with Crippen LogP contribution in [0.4, 0.5) is 23.4 Å². The first-order chi connectivity index (χ1) is 16.2. The van der Waals surface area contributed by atoms with Gasteiger partial charge >= 0.3 is 11.9 Å². The Hall–Kier alpha value is -4.25. The molecule has 1 aliphatic heterocycles. The Bertz CT molecular complexity index is 1360. The minimum Gasteiger partial charge on any atom is -0.473 e. The lowest BCUT2D eigenvalue weighted by Gasteiger charge is -2.13. The number of likely N-dealkylation sites (N-methyl/N-ethyl adjacent to an activating group) is 1. The van der Waals surface area contributed by atoms with Crippen LogP contribution in [0.15, 0.2) is 52.8 Å². The van der Waals surface area contributed by atoms with E-state index in [0.29, 0.717) is 30.5 Å². The third-order valence-corrected chi connectivity index (χ3v) is 5.12. The number of anilines is 1. The van der Waals surface area contributed by atoms with Crippen LogP contribution in [0, 0.1) is 29.1 Å². The Labute approximate surface area is 191 Å². The number of fused-ring (bicyclic) bond motifs is 1. The van der Waals surface area contributed by atoms with Crippen LogP contribution in [-0.2, 0) is 13.2 Å². The van der Waals surface area contributed by atoms with Gasteiger partial charge in [0, 0.05) is 26.2 Å². The molecule has 4 rings (SSSR count). The number of hydrogen-bond acceptors (Lipinski definition) is 6. The van der Waals surface area contributed by atoms with Gasteiger partial charge in [-0.15, -0.1) is 0 Å². The summed E-state index contributed by atoms with van der Waals surface area (Å²) in [6, 6.07) is 8.03. The maximum absolute atomic E-state index is 13.7. The minimum absolute atomic E-state index is 0.00171. The highest BCUT2D eigenvalue weighted by Gasteiger charge is 2.42. The van der Waals surface area contributed by atoms with Gasteiger partial charge in [0.25, 0.3) is 0 Å². The average molecular weight is 472 g/mol. The zero-order valence-electron chi connectivity index (χ0n) is 17.7. The quantitative estimate of drug-likeness (QED) is 0.490. The summed E-state index contributed by atoms with van der Waals surface area (Å²) < 4.78 is 64.9. The third kappa shape index (κ3) is 4.74. The van der Waals surface area contributed by atoms with Crippen molar-refractivity contribution < 1.29 is 27.0 Å². The van der Waals surface area contributed by atoms with Gasteiger partial charge in [-0.1, -0.05) is 12.0 Å². The summed E-state index contributed by atoms with van der Waals surface area (Å²) in [6.45, 7) is 1.23. The molecule has 1 unspecified atom stereocenters. The van der Waals surface area contributed by atoms with E-state index in [1.807, 2.05) is 18.0 Å². The van der Waals surface area contributed by atoms with E-state index in [-0.39, 0.29) is 29.6 Å². The maximum Gasteiger partial charge on any atom is 0.408 e. The molecule has 0 fully saturated rings. The molecule has 0 radical (unpaired) electrons. The van der Waals surface area contributed by atoms with Gasteiger partial charge in [0.15, 0.2) is 11.7 Å². The fourth-order valence-electron chi connectivity index (χ4n) is 3.36.